The lowest BCUT2D eigenvalue weighted by molar-refractivity contribution is 0.327. The van der Waals surface area contributed by atoms with E-state index in [4.69, 9.17) is 11.6 Å². The fraction of sp³-hybridized carbons (Fsp3) is 0.625. The molecule has 0 bridgehead atoms. The molecule has 0 aromatic heterocycles. The van der Waals surface area contributed by atoms with E-state index in [1.54, 1.807) is 6.07 Å². The highest BCUT2D eigenvalue weighted by Gasteiger charge is 2.29. The number of halogens is 2. The third kappa shape index (κ3) is 3.64. The number of nitrogens with zero attached hydrogens (tertiary/aromatic N) is 1. The van der Waals surface area contributed by atoms with Gasteiger partial charge in [0.2, 0.25) is 0 Å². The second kappa shape index (κ2) is 6.77. The van der Waals surface area contributed by atoms with Gasteiger partial charge in [0.1, 0.15) is 5.82 Å². The fourth-order valence-electron chi connectivity index (χ4n) is 2.97. The van der Waals surface area contributed by atoms with Crippen LogP contribution in [0.1, 0.15) is 33.6 Å². The van der Waals surface area contributed by atoms with Gasteiger partial charge in [0, 0.05) is 35.9 Å². The van der Waals surface area contributed by atoms with Gasteiger partial charge < -0.3 is 10.2 Å². The molecule has 1 aliphatic heterocycles. The van der Waals surface area contributed by atoms with Crippen LogP contribution < -0.4 is 10.2 Å². The lowest BCUT2D eigenvalue weighted by Crippen LogP contribution is -2.58. The van der Waals surface area contributed by atoms with Crippen LogP contribution in [0.3, 0.4) is 0 Å². The molecular weight excluding hydrogens is 275 g/mol. The Morgan fingerprint density at radius 2 is 2.15 bits per heavy atom. The number of benzene rings is 1. The molecule has 2 unspecified atom stereocenters. The zero-order valence-corrected chi connectivity index (χ0v) is 13.3. The van der Waals surface area contributed by atoms with Crippen LogP contribution in [0, 0.1) is 11.7 Å². The largest absolute Gasteiger partial charge is 0.365 e. The predicted molar refractivity (Wildman–Crippen MR) is 84.1 cm³/mol. The maximum atomic E-state index is 13.6. The number of anilines is 1. The van der Waals surface area contributed by atoms with Crippen LogP contribution >= 0.6 is 11.6 Å². The van der Waals surface area contributed by atoms with Crippen molar-refractivity contribution in [2.24, 2.45) is 5.92 Å². The molecule has 1 aliphatic rings. The van der Waals surface area contributed by atoms with Crippen molar-refractivity contribution in [3.05, 3.63) is 29.0 Å². The van der Waals surface area contributed by atoms with E-state index in [1.807, 2.05) is 6.07 Å². The molecule has 1 aromatic carbocycles. The Kier molecular flexibility index (Phi) is 5.28. The summed E-state index contributed by atoms with van der Waals surface area (Å²) in [6.07, 6.45) is 2.30. The molecule has 0 spiro atoms. The maximum absolute atomic E-state index is 13.6. The van der Waals surface area contributed by atoms with Crippen LogP contribution in [0.15, 0.2) is 18.2 Å². The first kappa shape index (κ1) is 15.6. The average Bonchev–Trinajstić information content (AvgIpc) is 2.37. The molecule has 4 heteroatoms. The first-order valence-corrected chi connectivity index (χ1v) is 7.85. The molecule has 1 aromatic rings. The topological polar surface area (TPSA) is 15.3 Å². The smallest absolute Gasteiger partial charge is 0.126 e. The maximum Gasteiger partial charge on any atom is 0.126 e. The number of hydrogen-bond donors (Lipinski definition) is 1. The minimum Gasteiger partial charge on any atom is -0.365 e. The molecule has 1 fully saturated rings. The molecule has 2 atom stereocenters. The molecule has 0 amide bonds. The first-order valence-electron chi connectivity index (χ1n) is 7.47. The van der Waals surface area contributed by atoms with E-state index in [2.05, 4.69) is 31.0 Å². The summed E-state index contributed by atoms with van der Waals surface area (Å²) in [5, 5.41) is 4.08. The van der Waals surface area contributed by atoms with Crippen LogP contribution in [0.2, 0.25) is 5.02 Å². The standard InChI is InChI=1S/C16H24ClFN2/c1-4-5-14-10-20(16(9-19-14)11(2)3)15-7-12(17)6-13(18)8-15/h6-8,11,14,16,19H,4-5,9-10H2,1-3H3. The molecular formula is C16H24ClFN2. The van der Waals surface area contributed by atoms with Crippen molar-refractivity contribution in [3.8, 4) is 0 Å². The fourth-order valence-corrected chi connectivity index (χ4v) is 3.19. The monoisotopic (exact) mass is 298 g/mol. The summed E-state index contributed by atoms with van der Waals surface area (Å²) in [6, 6.07) is 5.67. The molecule has 1 heterocycles. The van der Waals surface area contributed by atoms with Gasteiger partial charge >= 0.3 is 0 Å². The molecule has 1 N–H and O–H groups in total. The molecule has 112 valence electrons. The number of piperazine rings is 1. The Hall–Kier alpha value is -0.800. The van der Waals surface area contributed by atoms with Crippen LogP contribution in [0.25, 0.3) is 0 Å². The summed E-state index contributed by atoms with van der Waals surface area (Å²) in [5.74, 6) is 0.243. The summed E-state index contributed by atoms with van der Waals surface area (Å²) in [4.78, 5) is 2.32. The molecule has 0 aliphatic carbocycles. The van der Waals surface area contributed by atoms with Crippen molar-refractivity contribution < 1.29 is 4.39 Å². The predicted octanol–water partition coefficient (Wildman–Crippen LogP) is 4.08. The highest BCUT2D eigenvalue weighted by atomic mass is 35.5. The van der Waals surface area contributed by atoms with Crippen LogP contribution in [0.4, 0.5) is 10.1 Å². The Morgan fingerprint density at radius 1 is 1.40 bits per heavy atom. The molecule has 20 heavy (non-hydrogen) atoms. The van der Waals surface area contributed by atoms with Crippen LogP contribution in [-0.2, 0) is 0 Å². The van der Waals surface area contributed by atoms with Crippen molar-refractivity contribution >= 4 is 17.3 Å². The van der Waals surface area contributed by atoms with Gasteiger partial charge in [0.15, 0.2) is 0 Å². The molecule has 0 radical (unpaired) electrons. The number of nitrogens with one attached hydrogen (secondary N) is 1. The van der Waals surface area contributed by atoms with Gasteiger partial charge in [-0.15, -0.1) is 0 Å². The summed E-state index contributed by atoms with van der Waals surface area (Å²) < 4.78 is 13.6. The Bertz CT molecular complexity index is 430. The normalized spacial score (nSPS) is 23.4. The van der Waals surface area contributed by atoms with Gasteiger partial charge in [-0.1, -0.05) is 38.8 Å². The van der Waals surface area contributed by atoms with Crippen molar-refractivity contribution in [3.63, 3.8) is 0 Å². The van der Waals surface area contributed by atoms with Crippen LogP contribution in [0.5, 0.6) is 0 Å². The third-order valence-electron chi connectivity index (χ3n) is 4.02. The summed E-state index contributed by atoms with van der Waals surface area (Å²) in [5.41, 5.74) is 0.899. The van der Waals surface area contributed by atoms with E-state index in [1.165, 1.54) is 6.07 Å². The van der Waals surface area contributed by atoms with Crippen molar-refractivity contribution in [1.29, 1.82) is 0 Å². The Labute approximate surface area is 126 Å². The third-order valence-corrected chi connectivity index (χ3v) is 4.24. The first-order chi connectivity index (χ1) is 9.51. The van der Waals surface area contributed by atoms with Crippen molar-refractivity contribution in [2.75, 3.05) is 18.0 Å². The van der Waals surface area contributed by atoms with E-state index in [0.29, 0.717) is 23.0 Å². The minimum absolute atomic E-state index is 0.263. The quantitative estimate of drug-likeness (QED) is 0.901. The SMILES string of the molecule is CCCC1CN(c2cc(F)cc(Cl)c2)C(C(C)C)CN1. The average molecular weight is 299 g/mol. The van der Waals surface area contributed by atoms with E-state index in [-0.39, 0.29) is 5.82 Å². The highest BCUT2D eigenvalue weighted by molar-refractivity contribution is 6.30. The molecule has 2 nitrogen and oxygen atoms in total. The summed E-state index contributed by atoms with van der Waals surface area (Å²) >= 11 is 6.01. The lowest BCUT2D eigenvalue weighted by atomic mass is 9.96. The van der Waals surface area contributed by atoms with E-state index in [9.17, 15) is 4.39 Å². The summed E-state index contributed by atoms with van der Waals surface area (Å²) in [6.45, 7) is 8.47. The van der Waals surface area contributed by atoms with E-state index >= 15 is 0 Å². The number of rotatable bonds is 4. The van der Waals surface area contributed by atoms with Gasteiger partial charge in [0.25, 0.3) is 0 Å². The van der Waals surface area contributed by atoms with Gasteiger partial charge in [0.05, 0.1) is 0 Å². The molecule has 1 saturated heterocycles. The van der Waals surface area contributed by atoms with Crippen molar-refractivity contribution in [2.45, 2.75) is 45.7 Å². The van der Waals surface area contributed by atoms with E-state index in [0.717, 1.165) is 31.6 Å². The van der Waals surface area contributed by atoms with Gasteiger partial charge in [-0.2, -0.15) is 0 Å². The van der Waals surface area contributed by atoms with Gasteiger partial charge in [-0.3, -0.25) is 0 Å². The van der Waals surface area contributed by atoms with Crippen LogP contribution in [-0.4, -0.2) is 25.2 Å². The molecule has 0 saturated carbocycles. The summed E-state index contributed by atoms with van der Waals surface area (Å²) in [7, 11) is 0. The van der Waals surface area contributed by atoms with E-state index < -0.39 is 0 Å². The second-order valence-corrected chi connectivity index (χ2v) is 6.42. The van der Waals surface area contributed by atoms with Gasteiger partial charge in [-0.05, 0) is 30.5 Å². The Morgan fingerprint density at radius 3 is 2.75 bits per heavy atom. The number of hydrogen-bond acceptors (Lipinski definition) is 2. The van der Waals surface area contributed by atoms with Crippen molar-refractivity contribution in [1.82, 2.24) is 5.32 Å². The van der Waals surface area contributed by atoms with Gasteiger partial charge in [-0.25, -0.2) is 4.39 Å². The highest BCUT2D eigenvalue weighted by Crippen LogP contribution is 2.28. The second-order valence-electron chi connectivity index (χ2n) is 5.99. The lowest BCUT2D eigenvalue weighted by Gasteiger charge is -2.44. The minimum atomic E-state index is -0.263. The molecule has 2 rings (SSSR count). The zero-order chi connectivity index (χ0) is 14.7. The Balaban J connectivity index is 2.26. The zero-order valence-electron chi connectivity index (χ0n) is 12.5.